The van der Waals surface area contributed by atoms with E-state index in [0.717, 1.165) is 28.6 Å². The summed E-state index contributed by atoms with van der Waals surface area (Å²) in [5.74, 6) is 0.840. The summed E-state index contributed by atoms with van der Waals surface area (Å²) < 4.78 is 7.00. The van der Waals surface area contributed by atoms with Gasteiger partial charge >= 0.3 is 0 Å². The van der Waals surface area contributed by atoms with Crippen LogP contribution in [0.15, 0.2) is 22.7 Å². The van der Waals surface area contributed by atoms with E-state index in [1.165, 1.54) is 32.1 Å². The first-order valence-corrected chi connectivity index (χ1v) is 8.14. The van der Waals surface area contributed by atoms with Crippen LogP contribution in [0.1, 0.15) is 63.5 Å². The third-order valence-corrected chi connectivity index (χ3v) is 4.24. The molecule has 0 aromatic heterocycles. The summed E-state index contributed by atoms with van der Waals surface area (Å²) in [6, 6.07) is 5.86. The zero-order valence-corrected chi connectivity index (χ0v) is 13.2. The van der Waals surface area contributed by atoms with Crippen LogP contribution in [0.4, 0.5) is 0 Å². The molecule has 0 spiro atoms. The Balaban J connectivity index is 1.86. The van der Waals surface area contributed by atoms with Crippen molar-refractivity contribution in [3.8, 4) is 5.75 Å². The van der Waals surface area contributed by atoms with E-state index in [0.29, 0.717) is 0 Å². The lowest BCUT2D eigenvalue weighted by molar-refractivity contribution is 0.0604. The average molecular weight is 327 g/mol. The molecule has 2 nitrogen and oxygen atoms in total. The summed E-state index contributed by atoms with van der Waals surface area (Å²) in [5, 5.41) is 10.2. The first kappa shape index (κ1) is 14.9. The van der Waals surface area contributed by atoms with Crippen LogP contribution in [0.3, 0.4) is 0 Å². The van der Waals surface area contributed by atoms with Crippen LogP contribution in [-0.2, 0) is 0 Å². The average Bonchev–Trinajstić information content (AvgIpc) is 2.38. The van der Waals surface area contributed by atoms with Crippen LogP contribution >= 0.6 is 15.9 Å². The quantitative estimate of drug-likeness (QED) is 0.746. The van der Waals surface area contributed by atoms with E-state index in [-0.39, 0.29) is 12.2 Å². The molecular formula is C16H23BrO2. The molecule has 1 aliphatic heterocycles. The number of hydrogen-bond donors (Lipinski definition) is 1. The summed E-state index contributed by atoms with van der Waals surface area (Å²) in [5.41, 5.74) is 0.922. The Kier molecular flexibility index (Phi) is 5.71. The van der Waals surface area contributed by atoms with Gasteiger partial charge in [0.1, 0.15) is 11.9 Å². The van der Waals surface area contributed by atoms with Gasteiger partial charge in [0.05, 0.1) is 6.10 Å². The van der Waals surface area contributed by atoms with E-state index in [4.69, 9.17) is 4.74 Å². The first-order chi connectivity index (χ1) is 9.20. The van der Waals surface area contributed by atoms with Gasteiger partial charge in [-0.1, -0.05) is 54.6 Å². The zero-order chi connectivity index (χ0) is 13.7. The molecule has 0 bridgehead atoms. The Morgan fingerprint density at radius 3 is 2.84 bits per heavy atom. The highest BCUT2D eigenvalue weighted by molar-refractivity contribution is 9.10. The summed E-state index contributed by atoms with van der Waals surface area (Å²) in [4.78, 5) is 0. The first-order valence-electron chi connectivity index (χ1n) is 7.35. The van der Waals surface area contributed by atoms with E-state index < -0.39 is 0 Å². The second kappa shape index (κ2) is 7.30. The van der Waals surface area contributed by atoms with Crippen molar-refractivity contribution in [3.63, 3.8) is 0 Å². The van der Waals surface area contributed by atoms with Gasteiger partial charge in [-0.2, -0.15) is 0 Å². The molecule has 0 saturated carbocycles. The van der Waals surface area contributed by atoms with Gasteiger partial charge in [0.15, 0.2) is 0 Å². The van der Waals surface area contributed by atoms with Gasteiger partial charge in [0.25, 0.3) is 0 Å². The predicted octanol–water partition coefficient (Wildman–Crippen LogP) is 4.99. The van der Waals surface area contributed by atoms with Crippen LogP contribution in [-0.4, -0.2) is 11.2 Å². The van der Waals surface area contributed by atoms with Crippen molar-refractivity contribution in [1.29, 1.82) is 0 Å². The van der Waals surface area contributed by atoms with Gasteiger partial charge in [-0.3, -0.25) is 0 Å². The number of unbranched alkanes of at least 4 members (excludes halogenated alkanes) is 4. The van der Waals surface area contributed by atoms with E-state index in [2.05, 4.69) is 22.9 Å². The summed E-state index contributed by atoms with van der Waals surface area (Å²) in [6.45, 7) is 2.23. The van der Waals surface area contributed by atoms with Crippen molar-refractivity contribution in [1.82, 2.24) is 0 Å². The number of rotatable bonds is 6. The standard InChI is InChI=1S/C16H23BrO2/c1-2-3-4-5-6-7-13-11-15(18)14-9-8-12(17)10-16(14)19-13/h8-10,13,15,18H,2-7,11H2,1H3/t13?,15-/m0/s1. The molecule has 2 rings (SSSR count). The van der Waals surface area contributed by atoms with Gasteiger partial charge in [-0.05, 0) is 25.0 Å². The molecule has 1 aromatic rings. The number of fused-ring (bicyclic) bond motifs is 1. The topological polar surface area (TPSA) is 29.5 Å². The molecular weight excluding hydrogens is 304 g/mol. The van der Waals surface area contributed by atoms with Crippen LogP contribution < -0.4 is 4.74 Å². The fraction of sp³-hybridized carbons (Fsp3) is 0.625. The number of aliphatic hydroxyl groups is 1. The molecule has 2 atom stereocenters. The molecule has 0 amide bonds. The highest BCUT2D eigenvalue weighted by Gasteiger charge is 2.26. The fourth-order valence-corrected chi connectivity index (χ4v) is 2.98. The third kappa shape index (κ3) is 4.22. The van der Waals surface area contributed by atoms with Crippen LogP contribution in [0, 0.1) is 0 Å². The molecule has 0 fully saturated rings. The van der Waals surface area contributed by atoms with Gasteiger partial charge in [0, 0.05) is 16.5 Å². The lowest BCUT2D eigenvalue weighted by Gasteiger charge is -2.29. The molecule has 0 aliphatic carbocycles. The molecule has 106 valence electrons. The maximum absolute atomic E-state index is 10.2. The van der Waals surface area contributed by atoms with E-state index in [1.54, 1.807) is 0 Å². The number of halogens is 1. The van der Waals surface area contributed by atoms with Crippen molar-refractivity contribution in [2.75, 3.05) is 0 Å². The van der Waals surface area contributed by atoms with Crippen molar-refractivity contribution >= 4 is 15.9 Å². The Bertz CT molecular complexity index is 406. The predicted molar refractivity (Wildman–Crippen MR) is 81.5 cm³/mol. The van der Waals surface area contributed by atoms with Crippen molar-refractivity contribution in [3.05, 3.63) is 28.2 Å². The Labute approximate surface area is 124 Å². The lowest BCUT2D eigenvalue weighted by Crippen LogP contribution is -2.25. The highest BCUT2D eigenvalue weighted by atomic mass is 79.9. The largest absolute Gasteiger partial charge is 0.490 e. The third-order valence-electron chi connectivity index (χ3n) is 3.74. The van der Waals surface area contributed by atoms with E-state index in [1.807, 2.05) is 18.2 Å². The monoisotopic (exact) mass is 326 g/mol. The van der Waals surface area contributed by atoms with Crippen molar-refractivity contribution in [2.45, 2.75) is 64.1 Å². The van der Waals surface area contributed by atoms with Gasteiger partial charge in [-0.15, -0.1) is 0 Å². The molecule has 19 heavy (non-hydrogen) atoms. The van der Waals surface area contributed by atoms with Crippen LogP contribution in [0.25, 0.3) is 0 Å². The molecule has 1 N–H and O–H groups in total. The molecule has 3 heteroatoms. The minimum Gasteiger partial charge on any atom is -0.490 e. The summed E-state index contributed by atoms with van der Waals surface area (Å²) in [7, 11) is 0. The molecule has 0 radical (unpaired) electrons. The lowest BCUT2D eigenvalue weighted by atomic mass is 9.96. The minimum absolute atomic E-state index is 0.165. The smallest absolute Gasteiger partial charge is 0.126 e. The maximum atomic E-state index is 10.2. The Hall–Kier alpha value is -0.540. The molecule has 1 aromatic carbocycles. The van der Waals surface area contributed by atoms with Gasteiger partial charge < -0.3 is 9.84 Å². The number of aliphatic hydroxyl groups excluding tert-OH is 1. The SMILES string of the molecule is CCCCCCCC1C[C@H](O)c2ccc(Br)cc2O1. The van der Waals surface area contributed by atoms with Gasteiger partial charge in [0.2, 0.25) is 0 Å². The summed E-state index contributed by atoms with van der Waals surface area (Å²) in [6.07, 6.45) is 7.94. The fourth-order valence-electron chi connectivity index (χ4n) is 2.64. The van der Waals surface area contributed by atoms with Crippen molar-refractivity contribution in [2.24, 2.45) is 0 Å². The maximum Gasteiger partial charge on any atom is 0.126 e. The second-order valence-corrected chi connectivity index (χ2v) is 6.29. The Morgan fingerprint density at radius 1 is 1.26 bits per heavy atom. The minimum atomic E-state index is -0.377. The molecule has 0 saturated heterocycles. The molecule has 1 unspecified atom stereocenters. The number of benzene rings is 1. The number of hydrogen-bond acceptors (Lipinski definition) is 2. The highest BCUT2D eigenvalue weighted by Crippen LogP contribution is 2.37. The van der Waals surface area contributed by atoms with E-state index >= 15 is 0 Å². The summed E-state index contributed by atoms with van der Waals surface area (Å²) >= 11 is 3.45. The van der Waals surface area contributed by atoms with Gasteiger partial charge in [-0.25, -0.2) is 0 Å². The molecule has 1 heterocycles. The van der Waals surface area contributed by atoms with E-state index in [9.17, 15) is 5.11 Å². The van der Waals surface area contributed by atoms with Crippen molar-refractivity contribution < 1.29 is 9.84 Å². The Morgan fingerprint density at radius 2 is 2.05 bits per heavy atom. The normalized spacial score (nSPS) is 21.8. The second-order valence-electron chi connectivity index (χ2n) is 5.38. The zero-order valence-electron chi connectivity index (χ0n) is 11.6. The number of ether oxygens (including phenoxy) is 1. The van der Waals surface area contributed by atoms with Crippen LogP contribution in [0.5, 0.6) is 5.75 Å². The van der Waals surface area contributed by atoms with Crippen LogP contribution in [0.2, 0.25) is 0 Å². The molecule has 1 aliphatic rings.